The third kappa shape index (κ3) is 3.15. The van der Waals surface area contributed by atoms with Crippen LogP contribution in [0.3, 0.4) is 0 Å². The molecule has 0 saturated heterocycles. The Morgan fingerprint density at radius 3 is 2.50 bits per heavy atom. The number of benzene rings is 1. The van der Waals surface area contributed by atoms with E-state index in [1.54, 1.807) is 0 Å². The number of halogens is 1. The Labute approximate surface area is 80.1 Å². The van der Waals surface area contributed by atoms with Crippen molar-refractivity contribution >= 4 is 29.1 Å². The first-order chi connectivity index (χ1) is 5.68. The molecule has 4 heteroatoms. The lowest BCUT2D eigenvalue weighted by Gasteiger charge is -1.97. The summed E-state index contributed by atoms with van der Waals surface area (Å²) in [7, 11) is 0. The van der Waals surface area contributed by atoms with Crippen LogP contribution < -0.4 is 0 Å². The molecule has 0 heterocycles. The van der Waals surface area contributed by atoms with E-state index in [-0.39, 0.29) is 0 Å². The number of hydrogen-bond acceptors (Lipinski definition) is 3. The fraction of sp³-hybridized carbons (Fsp3) is 0.125. The first-order valence-corrected chi connectivity index (χ1v) is 4.41. The smallest absolute Gasteiger partial charge is 0.374 e. The normalized spacial score (nSPS) is 9.50. The summed E-state index contributed by atoms with van der Waals surface area (Å²) in [4.78, 5) is 11.1. The quantitative estimate of drug-likeness (QED) is 0.543. The van der Waals surface area contributed by atoms with Gasteiger partial charge in [0.05, 0.1) is 12.0 Å². The van der Waals surface area contributed by atoms with Crippen molar-refractivity contribution in [1.29, 1.82) is 0 Å². The highest BCUT2D eigenvalue weighted by atomic mass is 35.5. The molecular formula is C8H7ClO2S. The largest absolute Gasteiger partial charge is 0.416 e. The third-order valence-electron chi connectivity index (χ3n) is 1.22. The van der Waals surface area contributed by atoms with E-state index in [0.29, 0.717) is 0 Å². The molecule has 12 heavy (non-hydrogen) atoms. The molecule has 0 aliphatic heterocycles. The van der Waals surface area contributed by atoms with Gasteiger partial charge in [-0.05, 0) is 19.1 Å². The van der Waals surface area contributed by atoms with Crippen LogP contribution in [0.1, 0.15) is 5.56 Å². The molecule has 0 saturated carbocycles. The van der Waals surface area contributed by atoms with Crippen molar-refractivity contribution in [2.45, 2.75) is 11.8 Å². The van der Waals surface area contributed by atoms with E-state index in [1.165, 1.54) is 0 Å². The fourth-order valence-electron chi connectivity index (χ4n) is 0.675. The summed E-state index contributed by atoms with van der Waals surface area (Å²) in [6.45, 7) is 1.99. The molecule has 0 N–H and O–H groups in total. The number of carbonyl (C=O) groups excluding carboxylic acids is 1. The molecule has 0 bridgehead atoms. The molecule has 64 valence electrons. The van der Waals surface area contributed by atoms with Gasteiger partial charge in [-0.15, -0.1) is 0 Å². The number of hydrogen-bond donors (Lipinski definition) is 0. The SMILES string of the molecule is Cc1ccc(SOC(=O)Cl)cc1. The second-order valence-corrected chi connectivity index (χ2v) is 3.33. The molecule has 1 rings (SSSR count). The Morgan fingerprint density at radius 2 is 2.00 bits per heavy atom. The third-order valence-corrected chi connectivity index (χ3v) is 2.09. The molecule has 0 radical (unpaired) electrons. The van der Waals surface area contributed by atoms with Crippen LogP contribution in [0.5, 0.6) is 0 Å². The zero-order valence-electron chi connectivity index (χ0n) is 6.41. The molecule has 0 aromatic heterocycles. The highest BCUT2D eigenvalue weighted by Gasteiger charge is 1.98. The molecule has 0 atom stereocenters. The van der Waals surface area contributed by atoms with E-state index in [4.69, 9.17) is 11.6 Å². The summed E-state index contributed by atoms with van der Waals surface area (Å²) in [5.74, 6) is 0. The van der Waals surface area contributed by atoms with Gasteiger partial charge in [-0.25, -0.2) is 4.79 Å². The first-order valence-electron chi connectivity index (χ1n) is 3.29. The van der Waals surface area contributed by atoms with Crippen molar-refractivity contribution in [2.75, 3.05) is 0 Å². The molecule has 1 aromatic carbocycles. The molecule has 1 aromatic rings. The van der Waals surface area contributed by atoms with Crippen LogP contribution in [0.15, 0.2) is 29.2 Å². The molecule has 0 amide bonds. The maximum Gasteiger partial charge on any atom is 0.416 e. The summed E-state index contributed by atoms with van der Waals surface area (Å²) >= 11 is 5.93. The molecule has 0 spiro atoms. The van der Waals surface area contributed by atoms with Gasteiger partial charge in [0.2, 0.25) is 0 Å². The summed E-state index contributed by atoms with van der Waals surface area (Å²) in [5, 5.41) is 0. The van der Waals surface area contributed by atoms with Crippen LogP contribution in [0.25, 0.3) is 0 Å². The van der Waals surface area contributed by atoms with Crippen LogP contribution in [0.4, 0.5) is 4.79 Å². The summed E-state index contributed by atoms with van der Waals surface area (Å²) < 4.78 is 4.51. The van der Waals surface area contributed by atoms with Crippen molar-refractivity contribution in [1.82, 2.24) is 0 Å². The highest BCUT2D eigenvalue weighted by molar-refractivity contribution is 7.95. The van der Waals surface area contributed by atoms with Crippen LogP contribution in [-0.2, 0) is 4.18 Å². The van der Waals surface area contributed by atoms with Crippen LogP contribution in [0, 0.1) is 6.92 Å². The Hall–Kier alpha value is -0.670. The van der Waals surface area contributed by atoms with Gasteiger partial charge in [-0.3, -0.25) is 0 Å². The Morgan fingerprint density at radius 1 is 1.42 bits per heavy atom. The molecular weight excluding hydrogens is 196 g/mol. The van der Waals surface area contributed by atoms with E-state index in [2.05, 4.69) is 4.18 Å². The average molecular weight is 203 g/mol. The minimum absolute atomic E-state index is 0.805. The topological polar surface area (TPSA) is 26.3 Å². The summed E-state index contributed by atoms with van der Waals surface area (Å²) in [5.41, 5.74) is 0.358. The lowest BCUT2D eigenvalue weighted by Crippen LogP contribution is -1.82. The zero-order chi connectivity index (χ0) is 8.97. The van der Waals surface area contributed by atoms with Gasteiger partial charge < -0.3 is 4.18 Å². The predicted octanol–water partition coefficient (Wildman–Crippen LogP) is 3.38. The molecule has 0 fully saturated rings. The van der Waals surface area contributed by atoms with E-state index in [9.17, 15) is 4.79 Å². The van der Waals surface area contributed by atoms with Crippen molar-refractivity contribution in [3.63, 3.8) is 0 Å². The zero-order valence-corrected chi connectivity index (χ0v) is 7.98. The second kappa shape index (κ2) is 4.38. The highest BCUT2D eigenvalue weighted by Crippen LogP contribution is 2.20. The number of rotatable bonds is 2. The first kappa shape index (κ1) is 9.42. The van der Waals surface area contributed by atoms with Gasteiger partial charge in [0.1, 0.15) is 0 Å². The standard InChI is InChI=1S/C8H7ClO2S/c1-6-2-4-7(5-3-6)12-11-8(9)10/h2-5H,1H3. The Bertz CT molecular complexity index is 271. The van der Waals surface area contributed by atoms with E-state index in [1.807, 2.05) is 31.2 Å². The summed E-state index contributed by atoms with van der Waals surface area (Å²) in [6, 6.07) is 7.59. The lowest BCUT2D eigenvalue weighted by molar-refractivity contribution is 0.233. The monoisotopic (exact) mass is 202 g/mol. The van der Waals surface area contributed by atoms with Crippen molar-refractivity contribution in [3.8, 4) is 0 Å². The predicted molar refractivity (Wildman–Crippen MR) is 49.4 cm³/mol. The molecule has 0 aliphatic carbocycles. The van der Waals surface area contributed by atoms with Gasteiger partial charge in [0.25, 0.3) is 0 Å². The van der Waals surface area contributed by atoms with E-state index < -0.39 is 5.43 Å². The van der Waals surface area contributed by atoms with E-state index in [0.717, 1.165) is 22.5 Å². The van der Waals surface area contributed by atoms with Gasteiger partial charge in [0, 0.05) is 16.5 Å². The van der Waals surface area contributed by atoms with Crippen molar-refractivity contribution in [2.24, 2.45) is 0 Å². The minimum atomic E-state index is -0.805. The maximum atomic E-state index is 10.2. The second-order valence-electron chi connectivity index (χ2n) is 2.22. The van der Waals surface area contributed by atoms with Crippen LogP contribution >= 0.6 is 23.6 Å². The number of carbonyl (C=O) groups is 1. The van der Waals surface area contributed by atoms with Gasteiger partial charge in [0.15, 0.2) is 0 Å². The van der Waals surface area contributed by atoms with Crippen molar-refractivity contribution < 1.29 is 8.98 Å². The van der Waals surface area contributed by atoms with E-state index >= 15 is 0 Å². The maximum absolute atomic E-state index is 10.2. The fourth-order valence-corrected chi connectivity index (χ4v) is 1.18. The van der Waals surface area contributed by atoms with Gasteiger partial charge >= 0.3 is 5.43 Å². The lowest BCUT2D eigenvalue weighted by atomic mass is 10.2. The van der Waals surface area contributed by atoms with Gasteiger partial charge in [-0.1, -0.05) is 17.7 Å². The summed E-state index contributed by atoms with van der Waals surface area (Å²) in [6.07, 6.45) is 0. The number of aryl methyl sites for hydroxylation is 1. The molecule has 2 nitrogen and oxygen atoms in total. The van der Waals surface area contributed by atoms with Crippen LogP contribution in [-0.4, -0.2) is 5.43 Å². The Balaban J connectivity index is 2.53. The van der Waals surface area contributed by atoms with Gasteiger partial charge in [-0.2, -0.15) is 0 Å². The van der Waals surface area contributed by atoms with Crippen LogP contribution in [0.2, 0.25) is 0 Å². The average Bonchev–Trinajstić information content (AvgIpc) is 2.03. The Kier molecular flexibility index (Phi) is 3.44. The molecule has 0 unspecified atom stereocenters. The minimum Gasteiger partial charge on any atom is -0.374 e. The van der Waals surface area contributed by atoms with Crippen molar-refractivity contribution in [3.05, 3.63) is 29.8 Å². The molecule has 0 aliphatic rings.